The lowest BCUT2D eigenvalue weighted by Gasteiger charge is -2.19. The minimum atomic E-state index is -1.50. The van der Waals surface area contributed by atoms with Crippen molar-refractivity contribution in [3.63, 3.8) is 0 Å². The number of carbonyl (C=O) groups is 1. The molecule has 8 heteroatoms. The first-order valence-corrected chi connectivity index (χ1v) is 9.34. The Labute approximate surface area is 174 Å². The summed E-state index contributed by atoms with van der Waals surface area (Å²) in [5.74, 6) is -1.13. The van der Waals surface area contributed by atoms with Crippen LogP contribution in [-0.2, 0) is 11.4 Å². The molecule has 3 aromatic rings. The average molecular weight is 458 g/mol. The van der Waals surface area contributed by atoms with E-state index in [9.17, 15) is 20.0 Å². The van der Waals surface area contributed by atoms with Crippen LogP contribution >= 0.6 is 15.9 Å². The Morgan fingerprint density at radius 2 is 1.72 bits per heavy atom. The number of ether oxygens (including phenoxy) is 2. The van der Waals surface area contributed by atoms with E-state index in [0.29, 0.717) is 10.2 Å². The normalized spacial score (nSPS) is 11.5. The van der Waals surface area contributed by atoms with Gasteiger partial charge in [-0.15, -0.1) is 0 Å². The second-order valence-corrected chi connectivity index (χ2v) is 6.93. The van der Waals surface area contributed by atoms with E-state index >= 15 is 0 Å². The molecule has 0 bridgehead atoms. The van der Waals surface area contributed by atoms with Crippen LogP contribution in [0.25, 0.3) is 0 Å². The van der Waals surface area contributed by atoms with E-state index < -0.39 is 17.0 Å². The molecule has 0 saturated heterocycles. The predicted molar refractivity (Wildman–Crippen MR) is 109 cm³/mol. The molecule has 3 aromatic carbocycles. The molecule has 0 aliphatic rings. The molecule has 0 heterocycles. The first-order valence-electron chi connectivity index (χ1n) is 8.55. The molecule has 0 unspecified atom stereocenters. The molecular formula is C21H16BrNO6. The Bertz CT molecular complexity index is 1020. The van der Waals surface area contributed by atoms with Gasteiger partial charge in [0.15, 0.2) is 5.75 Å². The van der Waals surface area contributed by atoms with Crippen molar-refractivity contribution in [3.8, 4) is 11.5 Å². The van der Waals surface area contributed by atoms with Crippen LogP contribution in [-0.4, -0.2) is 16.0 Å². The molecule has 29 heavy (non-hydrogen) atoms. The summed E-state index contributed by atoms with van der Waals surface area (Å²) in [7, 11) is 0. The molecule has 0 spiro atoms. The Morgan fingerprint density at radius 1 is 1.03 bits per heavy atom. The number of benzene rings is 3. The third-order valence-corrected chi connectivity index (χ3v) is 4.52. The first-order chi connectivity index (χ1) is 14.0. The number of nitrogens with zero attached hydrogens (tertiary/aromatic N) is 1. The van der Waals surface area contributed by atoms with Gasteiger partial charge in [0, 0.05) is 16.1 Å². The largest absolute Gasteiger partial charge is 0.488 e. The Balaban J connectivity index is 1.94. The molecule has 3 rings (SSSR count). The fourth-order valence-corrected chi connectivity index (χ4v) is 3.05. The number of hydrogen-bond acceptors (Lipinski definition) is 5. The summed E-state index contributed by atoms with van der Waals surface area (Å²) in [6.07, 6.45) is -1.50. The number of carboxylic acids is 1. The number of halogens is 1. The molecule has 0 amide bonds. The molecule has 0 aliphatic carbocycles. The summed E-state index contributed by atoms with van der Waals surface area (Å²) in [6.45, 7) is 0.229. The van der Waals surface area contributed by atoms with Gasteiger partial charge < -0.3 is 14.6 Å². The van der Waals surface area contributed by atoms with E-state index in [-0.39, 0.29) is 23.6 Å². The molecular weight excluding hydrogens is 442 g/mol. The van der Waals surface area contributed by atoms with Crippen LogP contribution in [0.3, 0.4) is 0 Å². The van der Waals surface area contributed by atoms with E-state index in [1.54, 1.807) is 18.2 Å². The monoisotopic (exact) mass is 457 g/mol. The van der Waals surface area contributed by atoms with Crippen molar-refractivity contribution in [2.45, 2.75) is 12.7 Å². The quantitative estimate of drug-likeness (QED) is 0.371. The maximum atomic E-state index is 12.0. The van der Waals surface area contributed by atoms with Crippen LogP contribution < -0.4 is 9.47 Å². The Hall–Kier alpha value is -3.39. The molecule has 0 aromatic heterocycles. The molecule has 1 atom stereocenters. The number of rotatable bonds is 8. The standard InChI is InChI=1S/C21H16BrNO6/c22-15-10-11-18(28-13-14-6-2-1-3-7-14)16(12-15)20(21(24)25)29-19-9-5-4-8-17(19)23(26)27/h1-12,20H,13H2,(H,24,25)/t20-/m0/s1. The summed E-state index contributed by atoms with van der Waals surface area (Å²) >= 11 is 3.32. The highest BCUT2D eigenvalue weighted by Gasteiger charge is 2.29. The van der Waals surface area contributed by atoms with Crippen molar-refractivity contribution in [2.24, 2.45) is 0 Å². The number of aliphatic carboxylic acids is 1. The third-order valence-electron chi connectivity index (χ3n) is 4.02. The smallest absolute Gasteiger partial charge is 0.349 e. The lowest BCUT2D eigenvalue weighted by Crippen LogP contribution is -2.19. The number of hydrogen-bond donors (Lipinski definition) is 1. The molecule has 1 N–H and O–H groups in total. The fourth-order valence-electron chi connectivity index (χ4n) is 2.67. The molecule has 7 nitrogen and oxygen atoms in total. The molecule has 0 fully saturated rings. The highest BCUT2D eigenvalue weighted by atomic mass is 79.9. The zero-order valence-electron chi connectivity index (χ0n) is 15.0. The highest BCUT2D eigenvalue weighted by Crippen LogP contribution is 2.35. The second kappa shape index (κ2) is 9.20. The second-order valence-electron chi connectivity index (χ2n) is 6.02. The lowest BCUT2D eigenvalue weighted by molar-refractivity contribution is -0.386. The summed E-state index contributed by atoms with van der Waals surface area (Å²) in [5, 5.41) is 21.0. The zero-order chi connectivity index (χ0) is 20.8. The number of carboxylic acid groups (broad SMARTS) is 1. The first kappa shape index (κ1) is 20.3. The zero-order valence-corrected chi connectivity index (χ0v) is 16.6. The van der Waals surface area contributed by atoms with Crippen molar-refractivity contribution in [1.29, 1.82) is 0 Å². The number of nitro benzene ring substituents is 1. The molecule has 148 valence electrons. The van der Waals surface area contributed by atoms with Crippen molar-refractivity contribution in [2.75, 3.05) is 0 Å². The highest BCUT2D eigenvalue weighted by molar-refractivity contribution is 9.10. The minimum absolute atomic E-state index is 0.140. The Morgan fingerprint density at radius 3 is 2.41 bits per heavy atom. The number of nitro groups is 1. The van der Waals surface area contributed by atoms with Crippen molar-refractivity contribution in [1.82, 2.24) is 0 Å². The fraction of sp³-hybridized carbons (Fsp3) is 0.0952. The van der Waals surface area contributed by atoms with Gasteiger partial charge in [0.25, 0.3) is 0 Å². The minimum Gasteiger partial charge on any atom is -0.488 e. The van der Waals surface area contributed by atoms with E-state index in [0.717, 1.165) is 5.56 Å². The summed E-state index contributed by atoms with van der Waals surface area (Å²) in [5.41, 5.74) is 0.828. The van der Waals surface area contributed by atoms with Gasteiger partial charge in [-0.25, -0.2) is 4.79 Å². The van der Waals surface area contributed by atoms with Crippen LogP contribution in [0.2, 0.25) is 0 Å². The topological polar surface area (TPSA) is 98.9 Å². The average Bonchev–Trinajstić information content (AvgIpc) is 2.72. The Kier molecular flexibility index (Phi) is 6.46. The lowest BCUT2D eigenvalue weighted by atomic mass is 10.1. The SMILES string of the molecule is O=C(O)[C@@H](Oc1ccccc1[N+](=O)[O-])c1cc(Br)ccc1OCc1ccccc1. The van der Waals surface area contributed by atoms with Crippen LogP contribution in [0.5, 0.6) is 11.5 Å². The third kappa shape index (κ3) is 5.11. The van der Waals surface area contributed by atoms with Gasteiger partial charge in [0.05, 0.1) is 4.92 Å². The van der Waals surface area contributed by atoms with Crippen molar-refractivity contribution < 1.29 is 24.3 Å². The van der Waals surface area contributed by atoms with Gasteiger partial charge >= 0.3 is 11.7 Å². The van der Waals surface area contributed by atoms with E-state index in [1.807, 2.05) is 30.3 Å². The van der Waals surface area contributed by atoms with Gasteiger partial charge in [-0.1, -0.05) is 58.4 Å². The molecule has 0 saturated carbocycles. The van der Waals surface area contributed by atoms with Crippen molar-refractivity contribution >= 4 is 27.6 Å². The summed E-state index contributed by atoms with van der Waals surface area (Å²) in [6, 6.07) is 19.9. The van der Waals surface area contributed by atoms with Gasteiger partial charge in [0.2, 0.25) is 6.10 Å². The van der Waals surface area contributed by atoms with E-state index in [4.69, 9.17) is 9.47 Å². The van der Waals surface area contributed by atoms with E-state index in [1.165, 1.54) is 24.3 Å². The van der Waals surface area contributed by atoms with E-state index in [2.05, 4.69) is 15.9 Å². The van der Waals surface area contributed by atoms with Crippen molar-refractivity contribution in [3.05, 3.63) is 98.5 Å². The van der Waals surface area contributed by atoms with Crippen LogP contribution in [0, 0.1) is 10.1 Å². The van der Waals surface area contributed by atoms with Crippen LogP contribution in [0.4, 0.5) is 5.69 Å². The predicted octanol–water partition coefficient (Wildman–Crippen LogP) is 5.14. The summed E-state index contributed by atoms with van der Waals surface area (Å²) < 4.78 is 12.0. The van der Waals surface area contributed by atoms with Crippen LogP contribution in [0.1, 0.15) is 17.2 Å². The van der Waals surface area contributed by atoms with Gasteiger partial charge in [-0.2, -0.15) is 0 Å². The van der Waals surface area contributed by atoms with Gasteiger partial charge in [-0.05, 0) is 29.8 Å². The maximum Gasteiger partial charge on any atom is 0.349 e. The maximum absolute atomic E-state index is 12.0. The molecule has 0 aliphatic heterocycles. The van der Waals surface area contributed by atoms with Crippen LogP contribution in [0.15, 0.2) is 77.3 Å². The summed E-state index contributed by atoms with van der Waals surface area (Å²) in [4.78, 5) is 22.6. The van der Waals surface area contributed by atoms with Gasteiger partial charge in [-0.3, -0.25) is 10.1 Å². The molecule has 0 radical (unpaired) electrons. The number of para-hydroxylation sites is 2. The van der Waals surface area contributed by atoms with Gasteiger partial charge in [0.1, 0.15) is 12.4 Å².